The Labute approximate surface area is 185 Å². The zero-order chi connectivity index (χ0) is 23.6. The molecule has 0 aliphatic carbocycles. The zero-order valence-electron chi connectivity index (χ0n) is 17.9. The fraction of sp³-hybridized carbons (Fsp3) is 0.381. The zero-order valence-corrected chi connectivity index (χ0v) is 18.7. The van der Waals surface area contributed by atoms with Crippen LogP contribution in [0.15, 0.2) is 34.7 Å². The molecule has 0 fully saturated rings. The number of furan rings is 1. The molecule has 11 heteroatoms. The molecular formula is C21H26FN3O6S. The highest BCUT2D eigenvalue weighted by Crippen LogP contribution is 2.38. The minimum Gasteiger partial charge on any atom is -0.437 e. The van der Waals surface area contributed by atoms with E-state index in [4.69, 9.17) is 9.52 Å². The molecule has 2 heterocycles. The van der Waals surface area contributed by atoms with Crippen molar-refractivity contribution in [3.8, 4) is 11.3 Å². The second-order valence-corrected chi connectivity index (χ2v) is 9.39. The Bertz CT molecular complexity index is 1200. The lowest BCUT2D eigenvalue weighted by Gasteiger charge is -2.23. The number of hydrogen-bond acceptors (Lipinski definition) is 8. The SMILES string of the molecule is CNC(O)c1c(-c2ccc(F)cc2)oc2nc(N(CCC(O)CO)S(C)(=O)=O)c(C)cc12. The molecule has 0 aliphatic rings. The number of aliphatic hydroxyl groups excluding tert-OH is 3. The van der Waals surface area contributed by atoms with Crippen molar-refractivity contribution in [3.63, 3.8) is 0 Å². The number of aryl methyl sites for hydroxylation is 1. The molecule has 0 aliphatic heterocycles. The number of sulfonamides is 1. The minimum absolute atomic E-state index is 0.00539. The summed E-state index contributed by atoms with van der Waals surface area (Å²) in [6.07, 6.45) is -1.17. The molecule has 2 atom stereocenters. The number of aliphatic hydroxyl groups is 3. The summed E-state index contributed by atoms with van der Waals surface area (Å²) in [6, 6.07) is 7.20. The molecule has 0 bridgehead atoms. The van der Waals surface area contributed by atoms with Crippen LogP contribution < -0.4 is 9.62 Å². The summed E-state index contributed by atoms with van der Waals surface area (Å²) in [4.78, 5) is 4.41. The third-order valence-corrected chi connectivity index (χ3v) is 6.21. The largest absolute Gasteiger partial charge is 0.437 e. The van der Waals surface area contributed by atoms with Crippen molar-refractivity contribution in [1.82, 2.24) is 10.3 Å². The van der Waals surface area contributed by atoms with Crippen molar-refractivity contribution in [2.45, 2.75) is 25.7 Å². The molecule has 0 saturated heterocycles. The van der Waals surface area contributed by atoms with Gasteiger partial charge >= 0.3 is 0 Å². The minimum atomic E-state index is -3.76. The highest BCUT2D eigenvalue weighted by Gasteiger charge is 2.27. The van der Waals surface area contributed by atoms with E-state index in [0.717, 1.165) is 10.6 Å². The summed E-state index contributed by atoms with van der Waals surface area (Å²) in [5.74, 6) is -0.0479. The van der Waals surface area contributed by atoms with Crippen LogP contribution in [0.5, 0.6) is 0 Å². The highest BCUT2D eigenvalue weighted by atomic mass is 32.2. The summed E-state index contributed by atoms with van der Waals surface area (Å²) in [5, 5.41) is 32.5. The van der Waals surface area contributed by atoms with Crippen molar-refractivity contribution >= 4 is 26.9 Å². The molecular weight excluding hydrogens is 441 g/mol. The molecule has 2 unspecified atom stereocenters. The van der Waals surface area contributed by atoms with Gasteiger partial charge in [-0.2, -0.15) is 4.98 Å². The average Bonchev–Trinajstić information content (AvgIpc) is 3.10. The van der Waals surface area contributed by atoms with E-state index in [-0.39, 0.29) is 30.3 Å². The Balaban J connectivity index is 2.19. The Kier molecular flexibility index (Phi) is 7.16. The monoisotopic (exact) mass is 467 g/mol. The first kappa shape index (κ1) is 24.1. The maximum absolute atomic E-state index is 13.4. The van der Waals surface area contributed by atoms with E-state index in [2.05, 4.69) is 10.3 Å². The van der Waals surface area contributed by atoms with E-state index < -0.39 is 34.8 Å². The second-order valence-electron chi connectivity index (χ2n) is 7.48. The average molecular weight is 468 g/mol. The van der Waals surface area contributed by atoms with Crippen molar-refractivity contribution in [2.75, 3.05) is 30.8 Å². The standard InChI is InChI=1S/C21H26FN3O6S/c1-12-10-16-17(20(28)23-2)18(13-4-6-14(22)7-5-13)31-21(16)24-19(12)25(32(3,29)30)9-8-15(27)11-26/h4-7,10,15,20,23,26-28H,8-9,11H2,1-3H3. The van der Waals surface area contributed by atoms with Gasteiger partial charge in [-0.25, -0.2) is 12.8 Å². The number of aromatic nitrogens is 1. The summed E-state index contributed by atoms with van der Waals surface area (Å²) >= 11 is 0. The van der Waals surface area contributed by atoms with Crippen LogP contribution in [0.2, 0.25) is 0 Å². The van der Waals surface area contributed by atoms with Crippen molar-refractivity contribution < 1.29 is 32.5 Å². The van der Waals surface area contributed by atoms with E-state index in [9.17, 15) is 23.0 Å². The smallest absolute Gasteiger partial charge is 0.233 e. The first-order chi connectivity index (χ1) is 15.1. The van der Waals surface area contributed by atoms with Gasteiger partial charge in [0, 0.05) is 17.5 Å². The van der Waals surface area contributed by atoms with Gasteiger partial charge in [0.2, 0.25) is 15.7 Å². The van der Waals surface area contributed by atoms with Crippen LogP contribution in [0, 0.1) is 12.7 Å². The Morgan fingerprint density at radius 1 is 1.25 bits per heavy atom. The van der Waals surface area contributed by atoms with Crippen LogP contribution in [0.1, 0.15) is 23.8 Å². The maximum Gasteiger partial charge on any atom is 0.233 e. The number of nitrogens with one attached hydrogen (secondary N) is 1. The first-order valence-corrected chi connectivity index (χ1v) is 11.7. The third kappa shape index (κ3) is 4.92. The second kappa shape index (κ2) is 9.51. The Morgan fingerprint density at radius 2 is 1.91 bits per heavy atom. The van der Waals surface area contributed by atoms with E-state index in [1.165, 1.54) is 24.3 Å². The van der Waals surface area contributed by atoms with Crippen LogP contribution >= 0.6 is 0 Å². The van der Waals surface area contributed by atoms with Gasteiger partial charge in [-0.15, -0.1) is 0 Å². The van der Waals surface area contributed by atoms with E-state index in [0.29, 0.717) is 22.1 Å². The van der Waals surface area contributed by atoms with Crippen molar-refractivity contribution in [1.29, 1.82) is 0 Å². The molecule has 32 heavy (non-hydrogen) atoms. The van der Waals surface area contributed by atoms with Gasteiger partial charge in [-0.05, 0) is 56.3 Å². The van der Waals surface area contributed by atoms with Crippen LogP contribution in [0.4, 0.5) is 10.2 Å². The van der Waals surface area contributed by atoms with Crippen molar-refractivity contribution in [2.24, 2.45) is 0 Å². The summed E-state index contributed by atoms with van der Waals surface area (Å²) in [5.41, 5.74) is 1.49. The lowest BCUT2D eigenvalue weighted by atomic mass is 10.0. The normalized spacial score (nSPS) is 14.0. The molecule has 0 saturated carbocycles. The van der Waals surface area contributed by atoms with Crippen LogP contribution in [-0.4, -0.2) is 61.3 Å². The summed E-state index contributed by atoms with van der Waals surface area (Å²) < 4.78 is 45.2. The Morgan fingerprint density at radius 3 is 2.47 bits per heavy atom. The van der Waals surface area contributed by atoms with E-state index >= 15 is 0 Å². The number of pyridine rings is 1. The predicted octanol–water partition coefficient (Wildman–Crippen LogP) is 1.66. The topological polar surface area (TPSA) is 136 Å². The summed E-state index contributed by atoms with van der Waals surface area (Å²) in [7, 11) is -2.20. The van der Waals surface area contributed by atoms with Gasteiger partial charge in [-0.3, -0.25) is 9.62 Å². The fourth-order valence-corrected chi connectivity index (χ4v) is 4.34. The molecule has 9 nitrogen and oxygen atoms in total. The lowest BCUT2D eigenvalue weighted by molar-refractivity contribution is 0.0904. The maximum atomic E-state index is 13.4. The highest BCUT2D eigenvalue weighted by molar-refractivity contribution is 7.92. The molecule has 1 aromatic carbocycles. The Hall–Kier alpha value is -2.57. The van der Waals surface area contributed by atoms with E-state index in [1.54, 1.807) is 20.0 Å². The fourth-order valence-electron chi connectivity index (χ4n) is 3.40. The number of anilines is 1. The number of nitrogens with zero attached hydrogens (tertiary/aromatic N) is 2. The summed E-state index contributed by atoms with van der Waals surface area (Å²) in [6.45, 7) is 1.08. The quantitative estimate of drug-likeness (QED) is 0.349. The molecule has 0 spiro atoms. The van der Waals surface area contributed by atoms with Gasteiger partial charge < -0.3 is 19.7 Å². The third-order valence-electron chi connectivity index (χ3n) is 5.05. The molecule has 0 amide bonds. The molecule has 4 N–H and O–H groups in total. The van der Waals surface area contributed by atoms with Crippen LogP contribution in [0.25, 0.3) is 22.4 Å². The van der Waals surface area contributed by atoms with Crippen LogP contribution in [0.3, 0.4) is 0 Å². The van der Waals surface area contributed by atoms with Gasteiger partial charge in [0.25, 0.3) is 0 Å². The van der Waals surface area contributed by atoms with Gasteiger partial charge in [0.05, 0.1) is 24.5 Å². The molecule has 0 radical (unpaired) electrons. The number of benzene rings is 1. The van der Waals surface area contributed by atoms with Gasteiger partial charge in [0.15, 0.2) is 0 Å². The molecule has 3 aromatic rings. The van der Waals surface area contributed by atoms with E-state index in [1.807, 2.05) is 0 Å². The number of rotatable bonds is 9. The van der Waals surface area contributed by atoms with Gasteiger partial charge in [-0.1, -0.05) is 0 Å². The number of halogens is 1. The predicted molar refractivity (Wildman–Crippen MR) is 118 cm³/mol. The molecule has 3 rings (SSSR count). The lowest BCUT2D eigenvalue weighted by Crippen LogP contribution is -2.34. The molecule has 2 aromatic heterocycles. The number of fused-ring (bicyclic) bond motifs is 1. The van der Waals surface area contributed by atoms with Crippen molar-refractivity contribution in [3.05, 3.63) is 47.3 Å². The van der Waals surface area contributed by atoms with Crippen LogP contribution in [-0.2, 0) is 10.0 Å². The first-order valence-electron chi connectivity index (χ1n) is 9.88. The number of hydrogen-bond donors (Lipinski definition) is 4. The molecule has 174 valence electrons. The van der Waals surface area contributed by atoms with Gasteiger partial charge in [0.1, 0.15) is 23.6 Å².